The van der Waals surface area contributed by atoms with Gasteiger partial charge in [-0.1, -0.05) is 0 Å². The van der Waals surface area contributed by atoms with Gasteiger partial charge in [-0.2, -0.15) is 0 Å². The Morgan fingerprint density at radius 2 is 1.53 bits per heavy atom. The van der Waals surface area contributed by atoms with E-state index in [1.807, 2.05) is 0 Å². The summed E-state index contributed by atoms with van der Waals surface area (Å²) in [5, 5.41) is 4.94. The van der Waals surface area contributed by atoms with Gasteiger partial charge in [-0.3, -0.25) is 4.90 Å². The maximum atomic E-state index is 2.64. The summed E-state index contributed by atoms with van der Waals surface area (Å²) in [6.45, 7) is 10.8. The van der Waals surface area contributed by atoms with Crippen LogP contribution in [0.4, 0.5) is 0 Å². The first kappa shape index (κ1) is 13.3. The largest absolute Gasteiger partial charge is 0.298 e. The molecule has 17 heavy (non-hydrogen) atoms. The fourth-order valence-corrected chi connectivity index (χ4v) is 3.65. The van der Waals surface area contributed by atoms with Gasteiger partial charge in [0.25, 0.3) is 0 Å². The van der Waals surface area contributed by atoms with Gasteiger partial charge in [0.2, 0.25) is 0 Å². The van der Waals surface area contributed by atoms with Crippen LogP contribution in [0.15, 0.2) is 0 Å². The Balaban J connectivity index is 2.02. The van der Waals surface area contributed by atoms with Gasteiger partial charge in [-0.25, -0.2) is 10.0 Å². The van der Waals surface area contributed by atoms with E-state index in [9.17, 15) is 0 Å². The highest BCUT2D eigenvalue weighted by atomic mass is 15.6. The number of rotatable bonds is 1. The van der Waals surface area contributed by atoms with Crippen LogP contribution >= 0.6 is 0 Å². The molecule has 0 aromatic heterocycles. The maximum Gasteiger partial charge on any atom is 0.0381 e. The van der Waals surface area contributed by atoms with Crippen LogP contribution in [-0.4, -0.2) is 59.7 Å². The van der Waals surface area contributed by atoms with E-state index in [1.54, 1.807) is 0 Å². The summed E-state index contributed by atoms with van der Waals surface area (Å²) >= 11 is 0. The van der Waals surface area contributed by atoms with Crippen LogP contribution in [0.2, 0.25) is 0 Å². The second-order valence-electron chi connectivity index (χ2n) is 6.96. The van der Waals surface area contributed by atoms with Crippen molar-refractivity contribution in [2.75, 3.05) is 33.7 Å². The van der Waals surface area contributed by atoms with Gasteiger partial charge in [-0.15, -0.1) is 0 Å². The number of piperidine rings is 1. The van der Waals surface area contributed by atoms with Crippen molar-refractivity contribution in [3.05, 3.63) is 0 Å². The highest BCUT2D eigenvalue weighted by Gasteiger charge is 2.45. The van der Waals surface area contributed by atoms with E-state index in [-0.39, 0.29) is 0 Å². The molecule has 0 atom stereocenters. The van der Waals surface area contributed by atoms with E-state index in [0.29, 0.717) is 11.1 Å². The third-order valence-corrected chi connectivity index (χ3v) is 4.69. The number of hydrazine groups is 1. The van der Waals surface area contributed by atoms with Gasteiger partial charge in [0.05, 0.1) is 0 Å². The lowest BCUT2D eigenvalue weighted by molar-refractivity contribution is -0.0830. The predicted octanol–water partition coefficient (Wildman–Crippen LogP) is 2.19. The van der Waals surface area contributed by atoms with Gasteiger partial charge in [-0.05, 0) is 46.5 Å². The summed E-state index contributed by atoms with van der Waals surface area (Å²) in [4.78, 5) is 2.64. The molecule has 1 spiro atoms. The summed E-state index contributed by atoms with van der Waals surface area (Å²) in [6.07, 6.45) is 5.43. The van der Waals surface area contributed by atoms with E-state index < -0.39 is 0 Å². The van der Waals surface area contributed by atoms with Crippen molar-refractivity contribution in [3.8, 4) is 0 Å². The second kappa shape index (κ2) is 4.52. The first-order valence-electron chi connectivity index (χ1n) is 7.05. The van der Waals surface area contributed by atoms with Crippen molar-refractivity contribution in [2.24, 2.45) is 0 Å². The summed E-state index contributed by atoms with van der Waals surface area (Å²) in [5.41, 5.74) is 0.814. The van der Waals surface area contributed by atoms with Gasteiger partial charge >= 0.3 is 0 Å². The minimum Gasteiger partial charge on any atom is -0.298 e. The lowest BCUT2D eigenvalue weighted by atomic mass is 9.84. The minimum absolute atomic E-state index is 0.336. The van der Waals surface area contributed by atoms with E-state index in [0.717, 1.165) is 0 Å². The summed E-state index contributed by atoms with van der Waals surface area (Å²) < 4.78 is 0. The molecule has 3 nitrogen and oxygen atoms in total. The molecule has 3 heteroatoms. The smallest absolute Gasteiger partial charge is 0.0381 e. The van der Waals surface area contributed by atoms with E-state index in [1.165, 1.54) is 45.3 Å². The Labute approximate surface area is 107 Å². The lowest BCUT2D eigenvalue weighted by Crippen LogP contribution is -2.58. The molecule has 0 radical (unpaired) electrons. The van der Waals surface area contributed by atoms with Crippen LogP contribution in [-0.2, 0) is 0 Å². The van der Waals surface area contributed by atoms with Crippen LogP contribution in [0.25, 0.3) is 0 Å². The molecule has 2 aliphatic heterocycles. The first-order chi connectivity index (χ1) is 7.85. The quantitative estimate of drug-likeness (QED) is 0.694. The number of nitrogens with zero attached hydrogens (tertiary/aromatic N) is 3. The number of hydrogen-bond acceptors (Lipinski definition) is 3. The molecular formula is C14H29N3. The molecule has 0 bridgehead atoms. The number of likely N-dealkylation sites (tertiary alicyclic amines) is 1. The van der Waals surface area contributed by atoms with Crippen LogP contribution in [0, 0.1) is 0 Å². The van der Waals surface area contributed by atoms with Crippen molar-refractivity contribution >= 4 is 0 Å². The predicted molar refractivity (Wildman–Crippen MR) is 72.9 cm³/mol. The van der Waals surface area contributed by atoms with Crippen molar-refractivity contribution in [1.29, 1.82) is 0 Å². The zero-order valence-electron chi connectivity index (χ0n) is 12.3. The van der Waals surface area contributed by atoms with E-state index in [2.05, 4.69) is 49.8 Å². The standard InChI is InChI=1S/C14H29N3/c1-13(2,3)16-11-8-14(9-12-16)7-6-10-17(14)15(4)5/h6-12H2,1-5H3. The zero-order chi connectivity index (χ0) is 12.7. The van der Waals surface area contributed by atoms with Gasteiger partial charge in [0.1, 0.15) is 0 Å². The van der Waals surface area contributed by atoms with Crippen molar-refractivity contribution in [3.63, 3.8) is 0 Å². The molecule has 0 unspecified atom stereocenters. The van der Waals surface area contributed by atoms with Gasteiger partial charge in [0, 0.05) is 44.8 Å². The average Bonchev–Trinajstić information content (AvgIpc) is 2.61. The topological polar surface area (TPSA) is 9.72 Å². The zero-order valence-corrected chi connectivity index (χ0v) is 12.3. The fraction of sp³-hybridized carbons (Fsp3) is 1.00. The second-order valence-corrected chi connectivity index (χ2v) is 6.96. The molecule has 2 saturated heterocycles. The molecule has 2 aliphatic rings. The molecule has 0 saturated carbocycles. The highest BCUT2D eigenvalue weighted by Crippen LogP contribution is 2.39. The Bertz CT molecular complexity index is 259. The first-order valence-corrected chi connectivity index (χ1v) is 7.05. The normalized spacial score (nSPS) is 27.2. The molecule has 0 aromatic carbocycles. The Morgan fingerprint density at radius 3 is 2.00 bits per heavy atom. The molecule has 100 valence electrons. The van der Waals surface area contributed by atoms with Gasteiger partial charge < -0.3 is 0 Å². The molecule has 0 N–H and O–H groups in total. The maximum absolute atomic E-state index is 2.64. The van der Waals surface area contributed by atoms with E-state index >= 15 is 0 Å². The highest BCUT2D eigenvalue weighted by molar-refractivity contribution is 4.99. The molecule has 0 amide bonds. The summed E-state index contributed by atoms with van der Waals surface area (Å²) in [5.74, 6) is 0. The number of hydrogen-bond donors (Lipinski definition) is 0. The Kier molecular flexibility index (Phi) is 3.54. The molecule has 2 rings (SSSR count). The Hall–Kier alpha value is -0.120. The fourth-order valence-electron chi connectivity index (χ4n) is 3.65. The Morgan fingerprint density at radius 1 is 0.941 bits per heavy atom. The van der Waals surface area contributed by atoms with Crippen molar-refractivity contribution in [2.45, 2.75) is 57.5 Å². The monoisotopic (exact) mass is 239 g/mol. The van der Waals surface area contributed by atoms with E-state index in [4.69, 9.17) is 0 Å². The average molecular weight is 239 g/mol. The third-order valence-electron chi connectivity index (χ3n) is 4.69. The lowest BCUT2D eigenvalue weighted by Gasteiger charge is -2.50. The molecular weight excluding hydrogens is 210 g/mol. The minimum atomic E-state index is 0.336. The van der Waals surface area contributed by atoms with Crippen molar-refractivity contribution < 1.29 is 0 Å². The molecule has 2 heterocycles. The molecule has 0 aliphatic carbocycles. The van der Waals surface area contributed by atoms with Crippen LogP contribution in [0.3, 0.4) is 0 Å². The third kappa shape index (κ3) is 2.51. The summed E-state index contributed by atoms with van der Waals surface area (Å²) in [6, 6.07) is 0. The van der Waals surface area contributed by atoms with Crippen LogP contribution < -0.4 is 0 Å². The molecule has 0 aromatic rings. The van der Waals surface area contributed by atoms with Gasteiger partial charge in [0.15, 0.2) is 0 Å². The van der Waals surface area contributed by atoms with Crippen LogP contribution in [0.1, 0.15) is 46.5 Å². The van der Waals surface area contributed by atoms with Crippen LogP contribution in [0.5, 0.6) is 0 Å². The SMILES string of the molecule is CN(C)N1CCCC12CCN(C(C)(C)C)CC2. The van der Waals surface area contributed by atoms with Crippen molar-refractivity contribution in [1.82, 2.24) is 14.9 Å². The summed E-state index contributed by atoms with van der Waals surface area (Å²) in [7, 11) is 4.40. The molecule has 2 fully saturated rings.